The van der Waals surface area contributed by atoms with Gasteiger partial charge in [0.15, 0.2) is 0 Å². The van der Waals surface area contributed by atoms with Crippen molar-refractivity contribution in [2.45, 2.75) is 19.3 Å². The predicted octanol–water partition coefficient (Wildman–Crippen LogP) is 2.30. The van der Waals surface area contributed by atoms with Gasteiger partial charge in [0.2, 0.25) is 11.8 Å². The fourth-order valence-electron chi connectivity index (χ4n) is 3.28. The van der Waals surface area contributed by atoms with E-state index in [2.05, 4.69) is 31.5 Å². The molecule has 1 aromatic carbocycles. The maximum absolute atomic E-state index is 12.1. The molecule has 0 bridgehead atoms. The van der Waals surface area contributed by atoms with E-state index in [4.69, 9.17) is 5.73 Å². The van der Waals surface area contributed by atoms with Crippen molar-refractivity contribution < 1.29 is 14.4 Å². The molecule has 8 nitrogen and oxygen atoms in total. The highest BCUT2D eigenvalue weighted by Crippen LogP contribution is 2.22. The predicted molar refractivity (Wildman–Crippen MR) is 118 cm³/mol. The molecule has 4 N–H and O–H groups in total. The number of piperidine rings is 1. The van der Waals surface area contributed by atoms with Crippen molar-refractivity contribution in [3.8, 4) is 0 Å². The van der Waals surface area contributed by atoms with Crippen LogP contribution in [0.3, 0.4) is 0 Å². The minimum absolute atomic E-state index is 0.149. The molecule has 1 aromatic heterocycles. The number of halogens is 1. The van der Waals surface area contributed by atoms with Crippen molar-refractivity contribution in [2.24, 2.45) is 11.7 Å². The maximum atomic E-state index is 12.1. The summed E-state index contributed by atoms with van der Waals surface area (Å²) in [6, 6.07) is 10.6. The van der Waals surface area contributed by atoms with E-state index in [0.29, 0.717) is 17.8 Å². The van der Waals surface area contributed by atoms with Crippen molar-refractivity contribution in [3.63, 3.8) is 0 Å². The normalized spacial score (nSPS) is 16.0. The quantitative estimate of drug-likeness (QED) is 0.570. The Labute approximate surface area is 183 Å². The van der Waals surface area contributed by atoms with Gasteiger partial charge < -0.3 is 21.3 Å². The summed E-state index contributed by atoms with van der Waals surface area (Å²) in [6.45, 7) is 1.61. The summed E-state index contributed by atoms with van der Waals surface area (Å²) in [5.41, 5.74) is 6.53. The molecule has 0 spiro atoms. The molecule has 2 aromatic rings. The second-order valence-electron chi connectivity index (χ2n) is 7.15. The first kappa shape index (κ1) is 21.8. The number of nitrogens with one attached hydrogen (secondary N) is 2. The van der Waals surface area contributed by atoms with Crippen LogP contribution in [-0.4, -0.2) is 42.3 Å². The Balaban J connectivity index is 1.44. The minimum Gasteiger partial charge on any atom is -0.369 e. The van der Waals surface area contributed by atoms with Crippen molar-refractivity contribution in [2.75, 3.05) is 29.9 Å². The Morgan fingerprint density at radius 3 is 2.60 bits per heavy atom. The summed E-state index contributed by atoms with van der Waals surface area (Å²) in [5.74, 6) is -0.131. The minimum atomic E-state index is -0.282. The fourth-order valence-corrected chi connectivity index (χ4v) is 3.55. The van der Waals surface area contributed by atoms with Crippen LogP contribution in [0.15, 0.2) is 47.1 Å². The number of amides is 3. The highest BCUT2D eigenvalue weighted by Gasteiger charge is 2.24. The number of primary amides is 1. The van der Waals surface area contributed by atoms with Crippen molar-refractivity contribution in [1.29, 1.82) is 0 Å². The smallest absolute Gasteiger partial charge is 0.251 e. The lowest BCUT2D eigenvalue weighted by Gasteiger charge is -2.32. The summed E-state index contributed by atoms with van der Waals surface area (Å²) in [4.78, 5) is 42.0. The van der Waals surface area contributed by atoms with E-state index >= 15 is 0 Å². The second-order valence-corrected chi connectivity index (χ2v) is 8.07. The number of rotatable bonds is 7. The maximum Gasteiger partial charge on any atom is 0.251 e. The van der Waals surface area contributed by atoms with E-state index in [1.54, 1.807) is 36.5 Å². The number of carbonyl (C=O) groups is 3. The van der Waals surface area contributed by atoms with Crippen molar-refractivity contribution >= 4 is 45.2 Å². The third-order valence-corrected chi connectivity index (χ3v) is 5.45. The molecule has 1 aliphatic rings. The van der Waals surface area contributed by atoms with E-state index < -0.39 is 0 Å². The molecule has 0 saturated carbocycles. The van der Waals surface area contributed by atoms with Crippen LogP contribution in [0.25, 0.3) is 0 Å². The van der Waals surface area contributed by atoms with Gasteiger partial charge in [-0.2, -0.15) is 0 Å². The first-order chi connectivity index (χ1) is 14.4. The highest BCUT2D eigenvalue weighted by atomic mass is 79.9. The molecule has 1 atom stereocenters. The van der Waals surface area contributed by atoms with Gasteiger partial charge in [0.05, 0.1) is 17.8 Å². The van der Waals surface area contributed by atoms with Gasteiger partial charge in [-0.3, -0.25) is 14.4 Å². The molecule has 158 valence electrons. The summed E-state index contributed by atoms with van der Waals surface area (Å²) in [6.07, 6.45) is 3.43. The topological polar surface area (TPSA) is 117 Å². The molecule has 1 unspecified atom stereocenters. The molecule has 1 fully saturated rings. The molecule has 1 saturated heterocycles. The summed E-state index contributed by atoms with van der Waals surface area (Å²) in [5, 5.41) is 5.49. The monoisotopic (exact) mass is 473 g/mol. The zero-order valence-electron chi connectivity index (χ0n) is 16.4. The van der Waals surface area contributed by atoms with Gasteiger partial charge in [0.1, 0.15) is 5.82 Å². The molecule has 9 heteroatoms. The number of anilines is 2. The van der Waals surface area contributed by atoms with Gasteiger partial charge in [-0.25, -0.2) is 4.98 Å². The van der Waals surface area contributed by atoms with Crippen molar-refractivity contribution in [1.82, 2.24) is 10.3 Å². The molecule has 3 rings (SSSR count). The van der Waals surface area contributed by atoms with Crippen LogP contribution in [-0.2, 0) is 9.59 Å². The molecule has 30 heavy (non-hydrogen) atoms. The van der Waals surface area contributed by atoms with E-state index in [1.165, 1.54) is 0 Å². The lowest BCUT2D eigenvalue weighted by Crippen LogP contribution is -2.41. The summed E-state index contributed by atoms with van der Waals surface area (Å²) < 4.78 is 0.894. The number of aromatic nitrogens is 1. The molecule has 2 heterocycles. The molecular formula is C21H24BrN5O3. The average Bonchev–Trinajstić information content (AvgIpc) is 2.74. The van der Waals surface area contributed by atoms with E-state index in [9.17, 15) is 14.4 Å². The standard InChI is InChI=1S/C21H24BrN5O3/c22-16-5-3-14(4-6-16)21(30)24-10-9-19(28)26-17-7-8-18(25-12-17)27-11-1-2-15(13-27)20(23)29/h3-8,12,15H,1-2,9-11,13H2,(H2,23,29)(H,24,30)(H,26,28). The Hall–Kier alpha value is -2.94. The van der Waals surface area contributed by atoms with Gasteiger partial charge in [-0.05, 0) is 49.2 Å². The fraction of sp³-hybridized carbons (Fsp3) is 0.333. The first-order valence-electron chi connectivity index (χ1n) is 9.76. The largest absolute Gasteiger partial charge is 0.369 e. The van der Waals surface area contributed by atoms with Crippen LogP contribution in [0.2, 0.25) is 0 Å². The second kappa shape index (κ2) is 10.2. The van der Waals surface area contributed by atoms with Crippen LogP contribution in [0.5, 0.6) is 0 Å². The van der Waals surface area contributed by atoms with Crippen LogP contribution in [0.1, 0.15) is 29.6 Å². The summed E-state index contributed by atoms with van der Waals surface area (Å²) >= 11 is 3.32. The third-order valence-electron chi connectivity index (χ3n) is 4.92. The van der Waals surface area contributed by atoms with Gasteiger partial charge in [0.25, 0.3) is 5.91 Å². The SMILES string of the molecule is NC(=O)C1CCCN(c2ccc(NC(=O)CCNC(=O)c3ccc(Br)cc3)cn2)C1. The van der Waals surface area contributed by atoms with E-state index in [0.717, 1.165) is 29.7 Å². The number of benzene rings is 1. The van der Waals surface area contributed by atoms with E-state index in [-0.39, 0.29) is 36.6 Å². The number of carbonyl (C=O) groups excluding carboxylic acids is 3. The van der Waals surface area contributed by atoms with Gasteiger partial charge in [-0.1, -0.05) is 15.9 Å². The Morgan fingerprint density at radius 2 is 1.93 bits per heavy atom. The number of pyridine rings is 1. The number of nitrogens with zero attached hydrogens (tertiary/aromatic N) is 2. The zero-order valence-corrected chi connectivity index (χ0v) is 18.0. The van der Waals surface area contributed by atoms with Crippen LogP contribution >= 0.6 is 15.9 Å². The Morgan fingerprint density at radius 1 is 1.17 bits per heavy atom. The zero-order chi connectivity index (χ0) is 21.5. The third kappa shape index (κ3) is 6.03. The molecule has 0 radical (unpaired) electrons. The average molecular weight is 474 g/mol. The molecule has 3 amide bonds. The van der Waals surface area contributed by atoms with Crippen LogP contribution < -0.4 is 21.3 Å². The Kier molecular flexibility index (Phi) is 7.40. The molecule has 1 aliphatic heterocycles. The lowest BCUT2D eigenvalue weighted by atomic mass is 9.97. The van der Waals surface area contributed by atoms with Gasteiger partial charge in [-0.15, -0.1) is 0 Å². The lowest BCUT2D eigenvalue weighted by molar-refractivity contribution is -0.122. The van der Waals surface area contributed by atoms with Gasteiger partial charge >= 0.3 is 0 Å². The molecular weight excluding hydrogens is 450 g/mol. The Bertz CT molecular complexity index is 902. The number of hydrogen-bond donors (Lipinski definition) is 3. The van der Waals surface area contributed by atoms with Crippen molar-refractivity contribution in [3.05, 3.63) is 52.6 Å². The first-order valence-corrected chi connectivity index (χ1v) is 10.6. The number of nitrogens with two attached hydrogens (primary N) is 1. The van der Waals surface area contributed by atoms with Crippen LogP contribution in [0, 0.1) is 5.92 Å². The molecule has 0 aliphatic carbocycles. The van der Waals surface area contributed by atoms with Gasteiger partial charge in [0, 0.05) is 36.1 Å². The van der Waals surface area contributed by atoms with E-state index in [1.807, 2.05) is 11.0 Å². The van der Waals surface area contributed by atoms with Crippen LogP contribution in [0.4, 0.5) is 11.5 Å². The number of hydrogen-bond acceptors (Lipinski definition) is 5. The summed E-state index contributed by atoms with van der Waals surface area (Å²) in [7, 11) is 0. The highest BCUT2D eigenvalue weighted by molar-refractivity contribution is 9.10.